The number of imide groups is 1. The number of aromatic nitrogens is 2. The van der Waals surface area contributed by atoms with Crippen molar-refractivity contribution in [2.24, 2.45) is 0 Å². The summed E-state index contributed by atoms with van der Waals surface area (Å²) in [6, 6.07) is 4.65. The van der Waals surface area contributed by atoms with Crippen molar-refractivity contribution in [3.05, 3.63) is 34.4 Å². The van der Waals surface area contributed by atoms with Crippen LogP contribution in [0.5, 0.6) is 0 Å². The maximum Gasteiger partial charge on any atom is 0.264 e. The molecule has 1 unspecified atom stereocenters. The summed E-state index contributed by atoms with van der Waals surface area (Å²) in [7, 11) is 0. The molecule has 0 spiro atoms. The van der Waals surface area contributed by atoms with Gasteiger partial charge >= 0.3 is 0 Å². The fourth-order valence-corrected chi connectivity index (χ4v) is 3.18. The van der Waals surface area contributed by atoms with Gasteiger partial charge in [-0.15, -0.1) is 0 Å². The summed E-state index contributed by atoms with van der Waals surface area (Å²) in [5.41, 5.74) is 0.945. The number of anilines is 1. The first-order valence-electron chi connectivity index (χ1n) is 6.75. The lowest BCUT2D eigenvalue weighted by Crippen LogP contribution is -2.45. The van der Waals surface area contributed by atoms with Gasteiger partial charge in [0.1, 0.15) is 11.9 Å². The molecule has 22 heavy (non-hydrogen) atoms. The van der Waals surface area contributed by atoms with Gasteiger partial charge in [-0.05, 0) is 25.5 Å². The number of carbonyl (C=O) groups is 2. The molecular formula is C14H13IN4O3. The molecule has 0 bridgehead atoms. The highest BCUT2D eigenvalue weighted by Gasteiger charge is 2.30. The van der Waals surface area contributed by atoms with Gasteiger partial charge in [-0.3, -0.25) is 24.3 Å². The van der Waals surface area contributed by atoms with Crippen molar-refractivity contribution in [3.63, 3.8) is 0 Å². The number of rotatable bonds is 2. The molecule has 2 N–H and O–H groups in total. The van der Waals surface area contributed by atoms with Crippen LogP contribution in [0.15, 0.2) is 23.0 Å². The quantitative estimate of drug-likeness (QED) is 0.443. The van der Waals surface area contributed by atoms with E-state index in [0.717, 1.165) is 0 Å². The zero-order chi connectivity index (χ0) is 15.9. The van der Waals surface area contributed by atoms with Crippen LogP contribution in [-0.4, -0.2) is 21.4 Å². The van der Waals surface area contributed by atoms with Crippen molar-refractivity contribution >= 4 is 51.3 Å². The molecule has 1 aromatic heterocycles. The SMILES string of the molecule is Cc1nc2cccc(NI)c2c(=O)n1C1CCC(=O)NC1=O. The number of hydrogen-bond donors (Lipinski definition) is 2. The van der Waals surface area contributed by atoms with E-state index in [1.54, 1.807) is 19.1 Å². The second-order valence-corrected chi connectivity index (χ2v) is 5.63. The van der Waals surface area contributed by atoms with E-state index in [-0.39, 0.29) is 17.9 Å². The Morgan fingerprint density at radius 2 is 2.14 bits per heavy atom. The summed E-state index contributed by atoms with van der Waals surface area (Å²) in [5.74, 6) is -0.310. The number of halogens is 1. The molecule has 8 heteroatoms. The van der Waals surface area contributed by atoms with Crippen LogP contribution in [0.3, 0.4) is 0 Å². The van der Waals surface area contributed by atoms with Gasteiger partial charge in [0.2, 0.25) is 11.8 Å². The number of nitrogens with zero attached hydrogens (tertiary/aromatic N) is 2. The van der Waals surface area contributed by atoms with E-state index in [4.69, 9.17) is 0 Å². The Labute approximate surface area is 139 Å². The first-order chi connectivity index (χ1) is 10.5. The second-order valence-electron chi connectivity index (χ2n) is 5.10. The molecule has 1 aliphatic heterocycles. The molecule has 1 aromatic carbocycles. The van der Waals surface area contributed by atoms with Crippen LogP contribution in [0.4, 0.5) is 5.69 Å². The van der Waals surface area contributed by atoms with Crippen molar-refractivity contribution in [2.75, 3.05) is 3.53 Å². The molecule has 2 heterocycles. The molecule has 2 amide bonds. The van der Waals surface area contributed by atoms with Crippen molar-refractivity contribution in [3.8, 4) is 0 Å². The molecule has 0 aliphatic carbocycles. The van der Waals surface area contributed by atoms with E-state index in [2.05, 4.69) is 13.8 Å². The van der Waals surface area contributed by atoms with Gasteiger partial charge in [0, 0.05) is 6.42 Å². The third kappa shape index (κ3) is 2.36. The maximum atomic E-state index is 12.9. The first kappa shape index (κ1) is 14.9. The summed E-state index contributed by atoms with van der Waals surface area (Å²) < 4.78 is 4.32. The minimum Gasteiger partial charge on any atom is -0.328 e. The topological polar surface area (TPSA) is 93.1 Å². The standard InChI is InChI=1S/C14H13IN4O3/c1-7-16-8-3-2-4-9(18-15)12(8)14(22)19(7)10-5-6-11(20)17-13(10)21/h2-4,10,18H,5-6H2,1H3,(H,17,20,21). The van der Waals surface area contributed by atoms with E-state index in [9.17, 15) is 14.4 Å². The van der Waals surface area contributed by atoms with Crippen LogP contribution >= 0.6 is 22.9 Å². The van der Waals surface area contributed by atoms with Crippen molar-refractivity contribution < 1.29 is 9.59 Å². The number of hydrogen-bond acceptors (Lipinski definition) is 5. The van der Waals surface area contributed by atoms with Crippen LogP contribution in [0.25, 0.3) is 10.9 Å². The Bertz CT molecular complexity index is 846. The molecule has 0 radical (unpaired) electrons. The number of piperidine rings is 1. The minimum atomic E-state index is -0.704. The summed E-state index contributed by atoms with van der Waals surface area (Å²) in [6.45, 7) is 1.69. The second kappa shape index (κ2) is 5.67. The van der Waals surface area contributed by atoms with Crippen LogP contribution in [-0.2, 0) is 9.59 Å². The number of aryl methyl sites for hydroxylation is 1. The molecule has 1 atom stereocenters. The maximum absolute atomic E-state index is 12.9. The van der Waals surface area contributed by atoms with E-state index in [1.807, 2.05) is 28.9 Å². The minimum absolute atomic E-state index is 0.215. The predicted molar refractivity (Wildman–Crippen MR) is 89.8 cm³/mol. The summed E-state index contributed by atoms with van der Waals surface area (Å²) in [4.78, 5) is 40.6. The monoisotopic (exact) mass is 412 g/mol. The molecule has 114 valence electrons. The Morgan fingerprint density at radius 3 is 2.82 bits per heavy atom. The Hall–Kier alpha value is -1.97. The fraction of sp³-hybridized carbons (Fsp3) is 0.286. The first-order valence-corrected chi connectivity index (χ1v) is 7.83. The van der Waals surface area contributed by atoms with Gasteiger partial charge in [-0.25, -0.2) is 4.98 Å². The Kier molecular flexibility index (Phi) is 3.85. The van der Waals surface area contributed by atoms with Crippen molar-refractivity contribution in [1.82, 2.24) is 14.9 Å². The third-order valence-electron chi connectivity index (χ3n) is 3.73. The normalized spacial score (nSPS) is 18.4. The largest absolute Gasteiger partial charge is 0.328 e. The van der Waals surface area contributed by atoms with Crippen LogP contribution in [0.1, 0.15) is 24.7 Å². The Morgan fingerprint density at radius 1 is 1.36 bits per heavy atom. The van der Waals surface area contributed by atoms with E-state index in [0.29, 0.717) is 28.8 Å². The highest BCUT2D eigenvalue weighted by atomic mass is 127. The van der Waals surface area contributed by atoms with Gasteiger partial charge in [0.25, 0.3) is 5.56 Å². The zero-order valence-electron chi connectivity index (χ0n) is 11.7. The lowest BCUT2D eigenvalue weighted by Gasteiger charge is -2.24. The van der Waals surface area contributed by atoms with Crippen LogP contribution in [0, 0.1) is 6.92 Å². The predicted octanol–water partition coefficient (Wildman–Crippen LogP) is 1.44. The zero-order valence-corrected chi connectivity index (χ0v) is 13.9. The number of benzene rings is 1. The van der Waals surface area contributed by atoms with Gasteiger partial charge in [-0.2, -0.15) is 0 Å². The number of carbonyl (C=O) groups excluding carboxylic acids is 2. The van der Waals surface area contributed by atoms with Gasteiger partial charge in [-0.1, -0.05) is 6.07 Å². The molecule has 1 fully saturated rings. The third-order valence-corrected chi connectivity index (χ3v) is 4.31. The highest BCUT2D eigenvalue weighted by Crippen LogP contribution is 2.23. The number of fused-ring (bicyclic) bond motifs is 1. The molecule has 1 saturated heterocycles. The molecule has 2 aromatic rings. The van der Waals surface area contributed by atoms with E-state index >= 15 is 0 Å². The fourth-order valence-electron chi connectivity index (χ4n) is 2.73. The molecule has 3 rings (SSSR count). The summed E-state index contributed by atoms with van der Waals surface area (Å²) in [6.07, 6.45) is 0.519. The smallest absolute Gasteiger partial charge is 0.264 e. The average Bonchev–Trinajstić information content (AvgIpc) is 2.48. The highest BCUT2D eigenvalue weighted by molar-refractivity contribution is 14.1. The van der Waals surface area contributed by atoms with Crippen molar-refractivity contribution in [1.29, 1.82) is 0 Å². The lowest BCUT2D eigenvalue weighted by molar-refractivity contribution is -0.135. The van der Waals surface area contributed by atoms with Gasteiger partial charge in [0.05, 0.1) is 39.5 Å². The van der Waals surface area contributed by atoms with Gasteiger partial charge in [0.15, 0.2) is 0 Å². The average molecular weight is 412 g/mol. The Balaban J connectivity index is 2.24. The number of amides is 2. The van der Waals surface area contributed by atoms with Gasteiger partial charge < -0.3 is 3.53 Å². The van der Waals surface area contributed by atoms with Crippen LogP contribution in [0.2, 0.25) is 0 Å². The molecular weight excluding hydrogens is 399 g/mol. The lowest BCUT2D eigenvalue weighted by atomic mass is 10.1. The van der Waals surface area contributed by atoms with Crippen LogP contribution < -0.4 is 14.4 Å². The molecule has 7 nitrogen and oxygen atoms in total. The van der Waals surface area contributed by atoms with E-state index < -0.39 is 11.9 Å². The molecule has 1 aliphatic rings. The van der Waals surface area contributed by atoms with E-state index in [1.165, 1.54) is 4.57 Å². The number of nitrogens with one attached hydrogen (secondary N) is 2. The molecule has 0 saturated carbocycles. The summed E-state index contributed by atoms with van der Waals surface area (Å²) in [5, 5.41) is 2.71. The summed E-state index contributed by atoms with van der Waals surface area (Å²) >= 11 is 1.95. The van der Waals surface area contributed by atoms with Crippen molar-refractivity contribution in [2.45, 2.75) is 25.8 Å².